The molecule has 3 fully saturated rings. The smallest absolute Gasteiger partial charge is 0.411 e. The number of aliphatic carboxylic acids is 1. The van der Waals surface area contributed by atoms with Crippen LogP contribution in [0.2, 0.25) is 0 Å². The minimum atomic E-state index is -0.780. The van der Waals surface area contributed by atoms with Crippen LogP contribution in [0.3, 0.4) is 0 Å². The van der Waals surface area contributed by atoms with E-state index in [1.165, 1.54) is 4.90 Å². The molecule has 204 valence electrons. The summed E-state index contributed by atoms with van der Waals surface area (Å²) in [5.74, 6) is -0.869. The van der Waals surface area contributed by atoms with Gasteiger partial charge in [-0.3, -0.25) is 24.9 Å². The molecule has 36 heavy (non-hydrogen) atoms. The van der Waals surface area contributed by atoms with Crippen molar-refractivity contribution in [2.45, 2.75) is 44.9 Å². The number of amidine groups is 1. The molecular formula is C23H41N7O6. The Morgan fingerprint density at radius 2 is 1.67 bits per heavy atom. The average Bonchev–Trinajstić information content (AvgIpc) is 3.14. The van der Waals surface area contributed by atoms with Crippen molar-refractivity contribution in [3.63, 3.8) is 0 Å². The third-order valence-corrected chi connectivity index (χ3v) is 6.66. The molecule has 0 spiro atoms. The molecule has 0 aliphatic carbocycles. The molecule has 3 aliphatic rings. The van der Waals surface area contributed by atoms with E-state index in [0.29, 0.717) is 52.4 Å². The van der Waals surface area contributed by atoms with Crippen LogP contribution in [0.15, 0.2) is 0 Å². The Morgan fingerprint density at radius 3 is 2.28 bits per heavy atom. The first-order valence-electron chi connectivity index (χ1n) is 12.6. The van der Waals surface area contributed by atoms with Gasteiger partial charge in [0.2, 0.25) is 0 Å². The minimum absolute atomic E-state index is 0.0886. The number of rotatable bonds is 9. The summed E-state index contributed by atoms with van der Waals surface area (Å²) in [7, 11) is 0. The van der Waals surface area contributed by atoms with Gasteiger partial charge in [0.1, 0.15) is 23.6 Å². The number of carboxylic acid groups (broad SMARTS) is 1. The molecule has 13 nitrogen and oxygen atoms in total. The van der Waals surface area contributed by atoms with E-state index in [2.05, 4.69) is 14.7 Å². The van der Waals surface area contributed by atoms with E-state index in [4.69, 9.17) is 25.7 Å². The van der Waals surface area contributed by atoms with Crippen molar-refractivity contribution in [3.8, 4) is 0 Å². The molecular weight excluding hydrogens is 470 g/mol. The standard InChI is InChI=1S/C23H41N7O6/c1-23(2,3)36-22(34)30-13-11-28(16-18(30)20(24)25)10-12-29-15-17(35-21(29)33)14-27-8-6-26(7-9-27)5-4-19(31)32/h17-18H,4-16H2,1-3H3,(H3,24,25)(H,31,32). The van der Waals surface area contributed by atoms with Crippen molar-refractivity contribution >= 4 is 24.0 Å². The fourth-order valence-electron chi connectivity index (χ4n) is 4.70. The summed E-state index contributed by atoms with van der Waals surface area (Å²) < 4.78 is 11.1. The van der Waals surface area contributed by atoms with Crippen molar-refractivity contribution in [2.75, 3.05) is 78.5 Å². The van der Waals surface area contributed by atoms with Gasteiger partial charge in [-0.2, -0.15) is 0 Å². The SMILES string of the molecule is CC(C)(C)OC(=O)N1CCN(CCN2CC(CN3CCN(CCC(=O)O)CC3)OC2=O)CC1C(=N)N. The van der Waals surface area contributed by atoms with Crippen LogP contribution in [-0.4, -0.2) is 150 Å². The molecule has 13 heteroatoms. The number of hydrogen-bond donors (Lipinski definition) is 3. The van der Waals surface area contributed by atoms with Crippen molar-refractivity contribution in [1.82, 2.24) is 24.5 Å². The number of hydrogen-bond acceptors (Lipinski definition) is 9. The number of piperazine rings is 2. The Bertz CT molecular complexity index is 811. The minimum Gasteiger partial charge on any atom is -0.481 e. The van der Waals surface area contributed by atoms with Crippen LogP contribution in [0, 0.1) is 5.41 Å². The molecule has 3 saturated heterocycles. The first kappa shape index (κ1) is 27.9. The van der Waals surface area contributed by atoms with Gasteiger partial charge in [0.15, 0.2) is 0 Å². The Hall–Kier alpha value is -2.64. The first-order chi connectivity index (χ1) is 16.9. The Kier molecular flexibility index (Phi) is 9.36. The van der Waals surface area contributed by atoms with Crippen molar-refractivity contribution in [3.05, 3.63) is 0 Å². The maximum atomic E-state index is 12.6. The number of ether oxygens (including phenoxy) is 2. The quantitative estimate of drug-likeness (QED) is 0.279. The predicted molar refractivity (Wildman–Crippen MR) is 132 cm³/mol. The molecule has 3 heterocycles. The van der Waals surface area contributed by atoms with Gasteiger partial charge in [-0.15, -0.1) is 0 Å². The summed E-state index contributed by atoms with van der Waals surface area (Å²) in [5.41, 5.74) is 5.17. The van der Waals surface area contributed by atoms with Gasteiger partial charge >= 0.3 is 18.2 Å². The van der Waals surface area contributed by atoms with Crippen LogP contribution in [-0.2, 0) is 14.3 Å². The predicted octanol–water partition coefficient (Wildman–Crippen LogP) is -0.243. The highest BCUT2D eigenvalue weighted by Gasteiger charge is 2.37. The van der Waals surface area contributed by atoms with E-state index < -0.39 is 23.7 Å². The number of nitrogens with one attached hydrogen (secondary N) is 1. The van der Waals surface area contributed by atoms with Crippen LogP contribution >= 0.6 is 0 Å². The van der Waals surface area contributed by atoms with Gasteiger partial charge in [0, 0.05) is 72.0 Å². The molecule has 0 saturated carbocycles. The van der Waals surface area contributed by atoms with Gasteiger partial charge in [0.05, 0.1) is 13.0 Å². The summed E-state index contributed by atoms with van der Waals surface area (Å²) in [4.78, 5) is 45.5. The lowest BCUT2D eigenvalue weighted by Gasteiger charge is -2.41. The highest BCUT2D eigenvalue weighted by Crippen LogP contribution is 2.18. The Balaban J connectivity index is 1.41. The monoisotopic (exact) mass is 511 g/mol. The lowest BCUT2D eigenvalue weighted by molar-refractivity contribution is -0.137. The molecule has 2 amide bonds. The number of amides is 2. The van der Waals surface area contributed by atoms with Crippen LogP contribution in [0.5, 0.6) is 0 Å². The highest BCUT2D eigenvalue weighted by atomic mass is 16.6. The van der Waals surface area contributed by atoms with Gasteiger partial charge in [0.25, 0.3) is 0 Å². The zero-order valence-electron chi connectivity index (χ0n) is 21.6. The van der Waals surface area contributed by atoms with Crippen molar-refractivity contribution in [2.24, 2.45) is 5.73 Å². The summed E-state index contributed by atoms with van der Waals surface area (Å²) >= 11 is 0. The number of carboxylic acids is 1. The number of cyclic esters (lactones) is 1. The fourth-order valence-corrected chi connectivity index (χ4v) is 4.70. The molecule has 0 aromatic rings. The Morgan fingerprint density at radius 1 is 1.03 bits per heavy atom. The van der Waals surface area contributed by atoms with E-state index in [1.807, 2.05) is 0 Å². The number of carbonyl (C=O) groups excluding carboxylic acids is 2. The van der Waals surface area contributed by atoms with Crippen molar-refractivity contribution < 1.29 is 29.0 Å². The molecule has 2 unspecified atom stereocenters. The maximum absolute atomic E-state index is 12.6. The van der Waals surface area contributed by atoms with Crippen LogP contribution in [0.1, 0.15) is 27.2 Å². The van der Waals surface area contributed by atoms with Crippen molar-refractivity contribution in [1.29, 1.82) is 5.41 Å². The zero-order chi connectivity index (χ0) is 26.5. The fraction of sp³-hybridized carbons (Fsp3) is 0.826. The number of carbonyl (C=O) groups is 3. The molecule has 3 aliphatic heterocycles. The second kappa shape index (κ2) is 12.1. The third-order valence-electron chi connectivity index (χ3n) is 6.66. The maximum Gasteiger partial charge on any atom is 0.411 e. The molecule has 4 N–H and O–H groups in total. The van der Waals surface area contributed by atoms with Gasteiger partial charge in [-0.25, -0.2) is 9.59 Å². The molecule has 0 radical (unpaired) electrons. The van der Waals surface area contributed by atoms with Gasteiger partial charge < -0.3 is 30.1 Å². The normalized spacial score (nSPS) is 24.6. The summed E-state index contributed by atoms with van der Waals surface area (Å²) in [6.45, 7) is 12.9. The van der Waals surface area contributed by atoms with E-state index in [9.17, 15) is 14.4 Å². The van der Waals surface area contributed by atoms with Crippen LogP contribution in [0.25, 0.3) is 0 Å². The third kappa shape index (κ3) is 8.20. The molecule has 2 atom stereocenters. The molecule has 0 bridgehead atoms. The van der Waals surface area contributed by atoms with E-state index in [1.54, 1.807) is 25.7 Å². The Labute approximate surface area is 212 Å². The number of nitrogens with zero attached hydrogens (tertiary/aromatic N) is 5. The van der Waals surface area contributed by atoms with Gasteiger partial charge in [-0.1, -0.05) is 0 Å². The second-order valence-electron chi connectivity index (χ2n) is 10.7. The average molecular weight is 512 g/mol. The molecule has 0 aromatic carbocycles. The zero-order valence-corrected chi connectivity index (χ0v) is 21.6. The van der Waals surface area contributed by atoms with E-state index in [-0.39, 0.29) is 24.5 Å². The first-order valence-corrected chi connectivity index (χ1v) is 12.6. The largest absolute Gasteiger partial charge is 0.481 e. The van der Waals surface area contributed by atoms with Gasteiger partial charge in [-0.05, 0) is 20.8 Å². The second-order valence-corrected chi connectivity index (χ2v) is 10.7. The highest BCUT2D eigenvalue weighted by molar-refractivity contribution is 5.87. The summed E-state index contributed by atoms with van der Waals surface area (Å²) in [6.07, 6.45) is -0.845. The molecule has 0 aromatic heterocycles. The van der Waals surface area contributed by atoms with E-state index >= 15 is 0 Å². The lowest BCUT2D eigenvalue weighted by Crippen LogP contribution is -2.61. The number of nitrogens with two attached hydrogens (primary N) is 1. The summed E-state index contributed by atoms with van der Waals surface area (Å²) in [6, 6.07) is -0.568. The van der Waals surface area contributed by atoms with Crippen LogP contribution < -0.4 is 5.73 Å². The van der Waals surface area contributed by atoms with E-state index in [0.717, 1.165) is 26.2 Å². The summed E-state index contributed by atoms with van der Waals surface area (Å²) in [5, 5.41) is 16.8. The lowest BCUT2D eigenvalue weighted by atomic mass is 10.1. The van der Waals surface area contributed by atoms with Crippen LogP contribution in [0.4, 0.5) is 9.59 Å². The topological polar surface area (TPSA) is 156 Å². The molecule has 3 rings (SSSR count).